The molecule has 6 heteroatoms. The van der Waals surface area contributed by atoms with Gasteiger partial charge in [-0.3, -0.25) is 5.32 Å². The molecule has 1 heterocycles. The highest BCUT2D eigenvalue weighted by Gasteiger charge is 2.16. The van der Waals surface area contributed by atoms with Gasteiger partial charge in [-0.15, -0.1) is 5.10 Å². The zero-order valence-corrected chi connectivity index (χ0v) is 13.7. The number of hydrogen-bond donors (Lipinski definition) is 1. The standard InChI is InChI=1S/C18H18FN3O2/c1-18(2,3)24-17(23)21-15-8-6-12(7-9-15)13-4-5-14-11-20-22(19)16(14)10-13/h4-11H,1-3H3,(H,21,23). The highest BCUT2D eigenvalue weighted by molar-refractivity contribution is 5.87. The predicted molar refractivity (Wildman–Crippen MR) is 91.5 cm³/mol. The molecular formula is C18H18FN3O2. The minimum atomic E-state index is -0.547. The van der Waals surface area contributed by atoms with Crippen LogP contribution >= 0.6 is 0 Å². The van der Waals surface area contributed by atoms with Crippen molar-refractivity contribution in [2.24, 2.45) is 0 Å². The van der Waals surface area contributed by atoms with Crippen molar-refractivity contribution in [3.63, 3.8) is 0 Å². The monoisotopic (exact) mass is 327 g/mol. The number of carbonyl (C=O) groups excluding carboxylic acids is 1. The molecule has 0 unspecified atom stereocenters. The van der Waals surface area contributed by atoms with Crippen LogP contribution in [0, 0.1) is 0 Å². The quantitative estimate of drug-likeness (QED) is 0.737. The predicted octanol–water partition coefficient (Wildman–Crippen LogP) is 4.78. The van der Waals surface area contributed by atoms with Crippen LogP contribution in [0.3, 0.4) is 0 Å². The van der Waals surface area contributed by atoms with Crippen LogP contribution in [0.2, 0.25) is 0 Å². The fourth-order valence-electron chi connectivity index (χ4n) is 2.33. The second kappa shape index (κ2) is 5.96. The molecular weight excluding hydrogens is 309 g/mol. The Labute approximate surface area is 139 Å². The number of nitrogens with one attached hydrogen (secondary N) is 1. The maximum atomic E-state index is 13.5. The molecule has 0 aliphatic rings. The first-order valence-electron chi connectivity index (χ1n) is 7.56. The third-order valence-electron chi connectivity index (χ3n) is 3.39. The van der Waals surface area contributed by atoms with E-state index < -0.39 is 11.7 Å². The minimum absolute atomic E-state index is 0.358. The Morgan fingerprint density at radius 2 is 1.79 bits per heavy atom. The summed E-state index contributed by atoms with van der Waals surface area (Å²) < 4.78 is 18.7. The second-order valence-electron chi connectivity index (χ2n) is 6.48. The van der Waals surface area contributed by atoms with E-state index >= 15 is 0 Å². The van der Waals surface area contributed by atoms with Crippen molar-refractivity contribution >= 4 is 22.7 Å². The van der Waals surface area contributed by atoms with Gasteiger partial charge in [-0.1, -0.05) is 33.7 Å². The molecule has 0 atom stereocenters. The van der Waals surface area contributed by atoms with Crippen molar-refractivity contribution < 1.29 is 14.0 Å². The Balaban J connectivity index is 1.78. The van der Waals surface area contributed by atoms with Crippen molar-refractivity contribution in [1.29, 1.82) is 0 Å². The third kappa shape index (κ3) is 3.53. The van der Waals surface area contributed by atoms with Gasteiger partial charge in [-0.2, -0.15) is 0 Å². The number of rotatable bonds is 2. The summed E-state index contributed by atoms with van der Waals surface area (Å²) in [6.45, 7) is 5.42. The molecule has 3 aromatic rings. The number of benzene rings is 2. The molecule has 0 radical (unpaired) electrons. The summed E-state index contributed by atoms with van der Waals surface area (Å²) in [5.74, 6) is 0. The molecule has 0 aliphatic heterocycles. The lowest BCUT2D eigenvalue weighted by molar-refractivity contribution is 0.0636. The van der Waals surface area contributed by atoms with Crippen LogP contribution < -0.4 is 5.32 Å². The van der Waals surface area contributed by atoms with E-state index in [1.807, 2.05) is 24.3 Å². The molecule has 0 saturated heterocycles. The molecule has 1 aromatic heterocycles. The lowest BCUT2D eigenvalue weighted by Crippen LogP contribution is -2.27. The van der Waals surface area contributed by atoms with Gasteiger partial charge in [0.1, 0.15) is 11.1 Å². The van der Waals surface area contributed by atoms with Crippen LogP contribution in [0.5, 0.6) is 0 Å². The van der Waals surface area contributed by atoms with Gasteiger partial charge in [0.05, 0.1) is 6.20 Å². The van der Waals surface area contributed by atoms with E-state index in [9.17, 15) is 9.28 Å². The highest BCUT2D eigenvalue weighted by atomic mass is 19.2. The molecule has 0 spiro atoms. The summed E-state index contributed by atoms with van der Waals surface area (Å²) >= 11 is 0. The zero-order chi connectivity index (χ0) is 17.3. The molecule has 0 saturated carbocycles. The summed E-state index contributed by atoms with van der Waals surface area (Å²) in [5.41, 5.74) is 2.28. The number of anilines is 1. The first kappa shape index (κ1) is 16.0. The minimum Gasteiger partial charge on any atom is -0.444 e. The largest absolute Gasteiger partial charge is 0.444 e. The van der Waals surface area contributed by atoms with Crippen LogP contribution in [-0.4, -0.2) is 21.7 Å². The Morgan fingerprint density at radius 1 is 1.12 bits per heavy atom. The zero-order valence-electron chi connectivity index (χ0n) is 13.7. The van der Waals surface area contributed by atoms with Gasteiger partial charge in [0.25, 0.3) is 0 Å². The first-order valence-corrected chi connectivity index (χ1v) is 7.56. The number of halogens is 1. The molecule has 0 aliphatic carbocycles. The van der Waals surface area contributed by atoms with Crippen LogP contribution in [0.15, 0.2) is 48.7 Å². The lowest BCUT2D eigenvalue weighted by Gasteiger charge is -2.19. The van der Waals surface area contributed by atoms with E-state index in [-0.39, 0.29) is 0 Å². The maximum Gasteiger partial charge on any atom is 0.412 e. The van der Waals surface area contributed by atoms with Crippen molar-refractivity contribution in [3.05, 3.63) is 48.7 Å². The number of hydrogen-bond acceptors (Lipinski definition) is 3. The molecule has 124 valence electrons. The van der Waals surface area contributed by atoms with Gasteiger partial charge in [-0.25, -0.2) is 4.79 Å². The molecule has 5 nitrogen and oxygen atoms in total. The van der Waals surface area contributed by atoms with Crippen LogP contribution in [0.25, 0.3) is 22.0 Å². The van der Waals surface area contributed by atoms with Gasteiger partial charge in [0, 0.05) is 11.1 Å². The summed E-state index contributed by atoms with van der Waals surface area (Å²) in [6.07, 6.45) is 0.977. The van der Waals surface area contributed by atoms with E-state index in [1.54, 1.807) is 39.0 Å². The van der Waals surface area contributed by atoms with Gasteiger partial charge in [0.15, 0.2) is 0 Å². The van der Waals surface area contributed by atoms with Gasteiger partial charge in [-0.05, 0) is 50.1 Å². The summed E-state index contributed by atoms with van der Waals surface area (Å²) in [5, 5.41) is 7.01. The number of carbonyl (C=O) groups is 1. The SMILES string of the molecule is CC(C)(C)OC(=O)Nc1ccc(-c2ccc3cnn(F)c3c2)cc1. The normalized spacial score (nSPS) is 11.5. The van der Waals surface area contributed by atoms with E-state index in [0.29, 0.717) is 16.1 Å². The van der Waals surface area contributed by atoms with Crippen molar-refractivity contribution in [2.75, 3.05) is 5.32 Å². The maximum absolute atomic E-state index is 13.5. The van der Waals surface area contributed by atoms with E-state index in [0.717, 1.165) is 16.5 Å². The van der Waals surface area contributed by atoms with Gasteiger partial charge >= 0.3 is 6.09 Å². The number of nitrogens with zero attached hydrogens (tertiary/aromatic N) is 2. The van der Waals surface area contributed by atoms with Gasteiger partial charge in [0.2, 0.25) is 0 Å². The lowest BCUT2D eigenvalue weighted by atomic mass is 10.0. The van der Waals surface area contributed by atoms with Crippen molar-refractivity contribution in [2.45, 2.75) is 26.4 Å². The summed E-state index contributed by atoms with van der Waals surface area (Å²) in [7, 11) is 0. The fourth-order valence-corrected chi connectivity index (χ4v) is 2.33. The summed E-state index contributed by atoms with van der Waals surface area (Å²) in [6, 6.07) is 12.7. The molecule has 0 bridgehead atoms. The van der Waals surface area contributed by atoms with Crippen molar-refractivity contribution in [1.82, 2.24) is 10.0 Å². The summed E-state index contributed by atoms with van der Waals surface area (Å²) in [4.78, 5) is 12.1. The first-order chi connectivity index (χ1) is 11.3. The topological polar surface area (TPSA) is 56.1 Å². The molecule has 1 N–H and O–H groups in total. The van der Waals surface area contributed by atoms with Crippen molar-refractivity contribution in [3.8, 4) is 11.1 Å². The number of aromatic nitrogens is 2. The van der Waals surface area contributed by atoms with Crippen LogP contribution in [0.1, 0.15) is 20.8 Å². The van der Waals surface area contributed by atoms with E-state index in [2.05, 4.69) is 10.4 Å². The number of ether oxygens (including phenoxy) is 1. The average Bonchev–Trinajstić information content (AvgIpc) is 2.87. The Kier molecular flexibility index (Phi) is 3.97. The molecule has 3 rings (SSSR count). The number of fused-ring (bicyclic) bond motifs is 1. The number of amides is 1. The smallest absolute Gasteiger partial charge is 0.412 e. The van der Waals surface area contributed by atoms with E-state index in [1.165, 1.54) is 6.20 Å². The Morgan fingerprint density at radius 3 is 2.46 bits per heavy atom. The molecule has 24 heavy (non-hydrogen) atoms. The third-order valence-corrected chi connectivity index (χ3v) is 3.39. The molecule has 2 aromatic carbocycles. The average molecular weight is 327 g/mol. The molecule has 0 fully saturated rings. The Hall–Kier alpha value is -2.89. The van der Waals surface area contributed by atoms with Crippen LogP contribution in [0.4, 0.5) is 15.0 Å². The van der Waals surface area contributed by atoms with Crippen LogP contribution in [-0.2, 0) is 4.74 Å². The highest BCUT2D eigenvalue weighted by Crippen LogP contribution is 2.26. The second-order valence-corrected chi connectivity index (χ2v) is 6.48. The molecule has 1 amide bonds. The van der Waals surface area contributed by atoms with Gasteiger partial charge < -0.3 is 4.74 Å². The van der Waals surface area contributed by atoms with E-state index in [4.69, 9.17) is 4.74 Å². The Bertz CT molecular complexity index is 879. The fraction of sp³-hybridized carbons (Fsp3) is 0.222.